The van der Waals surface area contributed by atoms with Gasteiger partial charge >= 0.3 is 0 Å². The van der Waals surface area contributed by atoms with Crippen molar-refractivity contribution in [3.63, 3.8) is 0 Å². The van der Waals surface area contributed by atoms with Crippen molar-refractivity contribution >= 4 is 17.2 Å². The van der Waals surface area contributed by atoms with Gasteiger partial charge in [-0.2, -0.15) is 0 Å². The number of carbonyl (C=O) groups is 1. The van der Waals surface area contributed by atoms with E-state index < -0.39 is 0 Å². The molecule has 1 unspecified atom stereocenters. The standard InChI is InChI=1S/C23H26N2O3S/c1-4-20(19-7-5-6-8-21(19)27-3)25-22(26)13-17-15-29-23(24-17)14-28-18-11-9-16(2)10-12-18/h5-12,15,20H,4,13-14H2,1-3H3,(H,25,26). The molecule has 3 aromatic rings. The van der Waals surface area contributed by atoms with Crippen LogP contribution in [0.2, 0.25) is 0 Å². The highest BCUT2D eigenvalue weighted by atomic mass is 32.1. The van der Waals surface area contributed by atoms with E-state index in [1.807, 2.05) is 67.8 Å². The molecule has 0 saturated heterocycles. The summed E-state index contributed by atoms with van der Waals surface area (Å²) in [6.45, 7) is 4.48. The maximum absolute atomic E-state index is 12.6. The molecule has 3 rings (SSSR count). The van der Waals surface area contributed by atoms with Crippen molar-refractivity contribution in [2.45, 2.75) is 39.3 Å². The van der Waals surface area contributed by atoms with E-state index in [2.05, 4.69) is 10.3 Å². The first-order valence-corrected chi connectivity index (χ1v) is 10.5. The van der Waals surface area contributed by atoms with Gasteiger partial charge in [-0.05, 0) is 31.5 Å². The molecular formula is C23H26N2O3S. The minimum Gasteiger partial charge on any atom is -0.496 e. The fraction of sp³-hybridized carbons (Fsp3) is 0.304. The molecule has 0 aliphatic carbocycles. The molecule has 0 fully saturated rings. The summed E-state index contributed by atoms with van der Waals surface area (Å²) in [5, 5.41) is 5.86. The molecule has 1 N–H and O–H groups in total. The van der Waals surface area contributed by atoms with Gasteiger partial charge in [-0.25, -0.2) is 4.98 Å². The van der Waals surface area contributed by atoms with Gasteiger partial charge in [0.15, 0.2) is 0 Å². The fourth-order valence-corrected chi connectivity index (χ4v) is 3.74. The Morgan fingerprint density at radius 1 is 1.17 bits per heavy atom. The van der Waals surface area contributed by atoms with Crippen LogP contribution in [0, 0.1) is 6.92 Å². The lowest BCUT2D eigenvalue weighted by molar-refractivity contribution is -0.121. The normalized spacial score (nSPS) is 11.7. The van der Waals surface area contributed by atoms with Gasteiger partial charge in [-0.15, -0.1) is 11.3 Å². The number of para-hydroxylation sites is 1. The lowest BCUT2D eigenvalue weighted by Crippen LogP contribution is -2.29. The molecule has 0 aliphatic heterocycles. The second-order valence-corrected chi connectivity index (χ2v) is 7.72. The number of aryl methyl sites for hydroxylation is 1. The summed E-state index contributed by atoms with van der Waals surface area (Å²) in [4.78, 5) is 17.1. The van der Waals surface area contributed by atoms with Crippen molar-refractivity contribution in [3.8, 4) is 11.5 Å². The number of ether oxygens (including phenoxy) is 2. The van der Waals surface area contributed by atoms with Gasteiger partial charge in [-0.1, -0.05) is 42.8 Å². The van der Waals surface area contributed by atoms with Gasteiger partial charge in [0.1, 0.15) is 23.1 Å². The van der Waals surface area contributed by atoms with Crippen LogP contribution in [0.5, 0.6) is 11.5 Å². The second kappa shape index (κ2) is 10.1. The predicted octanol–water partition coefficient (Wildman–Crippen LogP) is 4.85. The first-order chi connectivity index (χ1) is 14.1. The number of nitrogens with one attached hydrogen (secondary N) is 1. The van der Waals surface area contributed by atoms with E-state index in [4.69, 9.17) is 9.47 Å². The van der Waals surface area contributed by atoms with E-state index in [1.54, 1.807) is 7.11 Å². The van der Waals surface area contributed by atoms with Crippen LogP contribution in [0.15, 0.2) is 53.9 Å². The third-order valence-corrected chi connectivity index (χ3v) is 5.45. The summed E-state index contributed by atoms with van der Waals surface area (Å²) in [5.41, 5.74) is 2.93. The van der Waals surface area contributed by atoms with Gasteiger partial charge in [0.05, 0.1) is 25.3 Å². The number of hydrogen-bond acceptors (Lipinski definition) is 5. The average molecular weight is 411 g/mol. The Hall–Kier alpha value is -2.86. The molecule has 1 aromatic heterocycles. The third kappa shape index (κ3) is 5.81. The number of amides is 1. The fourth-order valence-electron chi connectivity index (χ4n) is 3.04. The number of methoxy groups -OCH3 is 1. The van der Waals surface area contributed by atoms with Crippen LogP contribution < -0.4 is 14.8 Å². The van der Waals surface area contributed by atoms with Crippen molar-refractivity contribution in [2.24, 2.45) is 0 Å². The molecule has 0 radical (unpaired) electrons. The molecule has 0 saturated carbocycles. The van der Waals surface area contributed by atoms with Crippen molar-refractivity contribution in [2.75, 3.05) is 7.11 Å². The number of nitrogens with zero attached hydrogens (tertiary/aromatic N) is 1. The van der Waals surface area contributed by atoms with E-state index in [-0.39, 0.29) is 18.4 Å². The summed E-state index contributed by atoms with van der Waals surface area (Å²) in [6, 6.07) is 15.6. The van der Waals surface area contributed by atoms with Crippen molar-refractivity contribution in [3.05, 3.63) is 75.7 Å². The number of benzene rings is 2. The Kier molecular flexibility index (Phi) is 7.25. The van der Waals surface area contributed by atoms with Gasteiger partial charge in [0.25, 0.3) is 0 Å². The number of thiazole rings is 1. The molecule has 152 valence electrons. The summed E-state index contributed by atoms with van der Waals surface area (Å²) in [6.07, 6.45) is 1.02. The highest BCUT2D eigenvalue weighted by molar-refractivity contribution is 7.09. The summed E-state index contributed by atoms with van der Waals surface area (Å²) < 4.78 is 11.2. The number of aromatic nitrogens is 1. The molecule has 1 heterocycles. The summed E-state index contributed by atoms with van der Waals surface area (Å²) in [7, 11) is 1.64. The van der Waals surface area contributed by atoms with Crippen LogP contribution in [0.25, 0.3) is 0 Å². The molecule has 1 atom stereocenters. The Bertz CT molecular complexity index is 937. The molecule has 0 aliphatic rings. The highest BCUT2D eigenvalue weighted by Crippen LogP contribution is 2.27. The lowest BCUT2D eigenvalue weighted by Gasteiger charge is -2.19. The molecular weight excluding hydrogens is 384 g/mol. The van der Waals surface area contributed by atoms with Crippen molar-refractivity contribution in [1.82, 2.24) is 10.3 Å². The molecule has 0 spiro atoms. The zero-order valence-electron chi connectivity index (χ0n) is 17.0. The van der Waals surface area contributed by atoms with Crippen LogP contribution in [-0.2, 0) is 17.8 Å². The second-order valence-electron chi connectivity index (χ2n) is 6.78. The van der Waals surface area contributed by atoms with Crippen LogP contribution >= 0.6 is 11.3 Å². The first-order valence-electron chi connectivity index (χ1n) is 9.64. The molecule has 5 nitrogen and oxygen atoms in total. The van der Waals surface area contributed by atoms with E-state index in [1.165, 1.54) is 16.9 Å². The highest BCUT2D eigenvalue weighted by Gasteiger charge is 2.17. The number of hydrogen-bond donors (Lipinski definition) is 1. The minimum atomic E-state index is -0.0957. The summed E-state index contributed by atoms with van der Waals surface area (Å²) >= 11 is 1.50. The van der Waals surface area contributed by atoms with E-state index in [9.17, 15) is 4.79 Å². The van der Waals surface area contributed by atoms with Gasteiger partial charge in [0, 0.05) is 10.9 Å². The molecule has 1 amide bonds. The third-order valence-electron chi connectivity index (χ3n) is 4.58. The van der Waals surface area contributed by atoms with Crippen molar-refractivity contribution in [1.29, 1.82) is 0 Å². The largest absolute Gasteiger partial charge is 0.496 e. The van der Waals surface area contributed by atoms with Gasteiger partial charge in [-0.3, -0.25) is 4.79 Å². The van der Waals surface area contributed by atoms with Gasteiger partial charge < -0.3 is 14.8 Å². The smallest absolute Gasteiger partial charge is 0.226 e. The van der Waals surface area contributed by atoms with E-state index >= 15 is 0 Å². The van der Waals surface area contributed by atoms with E-state index in [0.29, 0.717) is 6.61 Å². The quantitative estimate of drug-likeness (QED) is 0.548. The van der Waals surface area contributed by atoms with Crippen molar-refractivity contribution < 1.29 is 14.3 Å². The monoisotopic (exact) mass is 410 g/mol. The van der Waals surface area contributed by atoms with Crippen LogP contribution in [0.4, 0.5) is 0 Å². The summed E-state index contributed by atoms with van der Waals surface area (Å²) in [5.74, 6) is 1.54. The predicted molar refractivity (Wildman–Crippen MR) is 115 cm³/mol. The Morgan fingerprint density at radius 2 is 1.93 bits per heavy atom. The number of rotatable bonds is 9. The van der Waals surface area contributed by atoms with Gasteiger partial charge in [0.2, 0.25) is 5.91 Å². The Balaban J connectivity index is 1.55. The lowest BCUT2D eigenvalue weighted by atomic mass is 10.0. The minimum absolute atomic E-state index is 0.0564. The maximum Gasteiger partial charge on any atom is 0.226 e. The first kappa shape index (κ1) is 20.9. The number of carbonyl (C=O) groups excluding carboxylic acids is 1. The molecule has 0 bridgehead atoms. The van der Waals surface area contributed by atoms with Crippen LogP contribution in [0.1, 0.15) is 41.2 Å². The molecule has 2 aromatic carbocycles. The zero-order valence-corrected chi connectivity index (χ0v) is 17.8. The Morgan fingerprint density at radius 3 is 2.66 bits per heavy atom. The Labute approximate surface area is 175 Å². The van der Waals surface area contributed by atoms with Crippen LogP contribution in [0.3, 0.4) is 0 Å². The zero-order chi connectivity index (χ0) is 20.6. The average Bonchev–Trinajstić information content (AvgIpc) is 3.18. The maximum atomic E-state index is 12.6. The topological polar surface area (TPSA) is 60.5 Å². The van der Waals surface area contributed by atoms with Crippen LogP contribution in [-0.4, -0.2) is 18.0 Å². The molecule has 29 heavy (non-hydrogen) atoms. The SMILES string of the molecule is CCC(NC(=O)Cc1csc(COc2ccc(C)cc2)n1)c1ccccc1OC. The molecule has 6 heteroatoms. The van der Waals surface area contributed by atoms with E-state index in [0.717, 1.165) is 34.2 Å².